The van der Waals surface area contributed by atoms with E-state index in [1.165, 1.54) is 18.2 Å². The van der Waals surface area contributed by atoms with Crippen molar-refractivity contribution in [3.05, 3.63) is 69.0 Å². The second kappa shape index (κ2) is 11.3. The third-order valence-electron chi connectivity index (χ3n) is 4.64. The minimum absolute atomic E-state index is 0.0461. The van der Waals surface area contributed by atoms with Crippen LogP contribution in [0.25, 0.3) is 6.08 Å². The van der Waals surface area contributed by atoms with Crippen molar-refractivity contribution in [2.45, 2.75) is 31.1 Å². The van der Waals surface area contributed by atoms with Gasteiger partial charge < -0.3 is 11.1 Å². The van der Waals surface area contributed by atoms with E-state index >= 15 is 0 Å². The van der Waals surface area contributed by atoms with Gasteiger partial charge in [-0.1, -0.05) is 41.4 Å². The van der Waals surface area contributed by atoms with Gasteiger partial charge in [0.1, 0.15) is 6.54 Å². The highest BCUT2D eigenvalue weighted by atomic mass is 35.5. The molecule has 1 unspecified atom stereocenters. The summed E-state index contributed by atoms with van der Waals surface area (Å²) in [5.41, 5.74) is 5.44. The number of allylic oxidation sites excluding steroid dienone is 1. The van der Waals surface area contributed by atoms with E-state index in [1.54, 1.807) is 5.32 Å². The summed E-state index contributed by atoms with van der Waals surface area (Å²) >= 11 is 11.2. The number of amides is 1. The molecular weight excluding hydrogens is 528 g/mol. The number of rotatable bonds is 8. The zero-order valence-electron chi connectivity index (χ0n) is 17.5. The van der Waals surface area contributed by atoms with Crippen LogP contribution in [0.1, 0.15) is 40.2 Å². The highest BCUT2D eigenvalue weighted by Gasteiger charge is 2.39. The van der Waals surface area contributed by atoms with Gasteiger partial charge in [-0.15, -0.1) is 0 Å². The molecule has 4 nitrogen and oxygen atoms in total. The summed E-state index contributed by atoms with van der Waals surface area (Å²) in [5, 5.41) is 0.481. The number of carbonyl (C=O) groups is 2. The lowest BCUT2D eigenvalue weighted by Crippen LogP contribution is -2.33. The number of nitrogens with two attached hydrogens (primary N) is 1. The van der Waals surface area contributed by atoms with Crippen molar-refractivity contribution < 1.29 is 40.3 Å². The van der Waals surface area contributed by atoms with Gasteiger partial charge in [0.25, 0.3) is 0 Å². The topological polar surface area (TPSA) is 72.2 Å². The minimum atomic E-state index is -4.77. The SMILES string of the molecule is Nc1cc(/C=C/C(c2cc(Cl)c(F)c(Cl)c2)C(F)(F)F)ccc1C(=O)CCC(=O)NCC(F)(F)F. The van der Waals surface area contributed by atoms with Crippen LogP contribution < -0.4 is 11.1 Å². The van der Waals surface area contributed by atoms with Crippen molar-refractivity contribution in [2.24, 2.45) is 0 Å². The van der Waals surface area contributed by atoms with Crippen LogP contribution in [0.5, 0.6) is 0 Å². The first kappa shape index (κ1) is 28.4. The van der Waals surface area contributed by atoms with Crippen LogP contribution >= 0.6 is 23.2 Å². The number of halogens is 9. The lowest BCUT2D eigenvalue weighted by Gasteiger charge is -2.18. The lowest BCUT2D eigenvalue weighted by molar-refractivity contribution is -0.139. The molecule has 3 N–H and O–H groups in total. The molecule has 190 valence electrons. The molecule has 0 saturated carbocycles. The molecule has 0 aliphatic rings. The third-order valence-corrected chi connectivity index (χ3v) is 5.19. The molecule has 35 heavy (non-hydrogen) atoms. The number of alkyl halides is 6. The van der Waals surface area contributed by atoms with Gasteiger partial charge in [-0.25, -0.2) is 4.39 Å². The average Bonchev–Trinajstić information content (AvgIpc) is 2.73. The number of anilines is 1. The monoisotopic (exact) mass is 544 g/mol. The Bertz CT molecular complexity index is 1110. The molecule has 0 bridgehead atoms. The quantitative estimate of drug-likeness (QED) is 0.168. The van der Waals surface area contributed by atoms with Crippen LogP contribution in [0, 0.1) is 5.82 Å². The van der Waals surface area contributed by atoms with Gasteiger partial charge in [0.05, 0.1) is 16.0 Å². The number of Topliss-reactive ketones (excluding diaryl/α,β-unsaturated/α-hetero) is 1. The fraction of sp³-hybridized carbons (Fsp3) is 0.273. The molecule has 1 amide bonds. The van der Waals surface area contributed by atoms with Crippen molar-refractivity contribution in [3.8, 4) is 0 Å². The first-order chi connectivity index (χ1) is 16.1. The minimum Gasteiger partial charge on any atom is -0.398 e. The second-order valence-electron chi connectivity index (χ2n) is 7.34. The first-order valence-corrected chi connectivity index (χ1v) is 10.5. The third kappa shape index (κ3) is 8.43. The van der Waals surface area contributed by atoms with E-state index < -0.39 is 70.8 Å². The Morgan fingerprint density at radius 3 is 2.11 bits per heavy atom. The average molecular weight is 545 g/mol. The Morgan fingerprint density at radius 1 is 1.00 bits per heavy atom. The standard InChI is InChI=1S/C22H17Cl2F7N2O2/c23-15-8-12(9-16(24)20(15)25)14(22(29,30)31)4-2-11-1-3-13(17(32)7-11)18(34)5-6-19(35)33-10-21(26,27)28/h1-4,7-9,14H,5-6,10,32H2,(H,33,35)/b4-2+. The fourth-order valence-corrected chi connectivity index (χ4v) is 3.46. The maximum Gasteiger partial charge on any atom is 0.405 e. The summed E-state index contributed by atoms with van der Waals surface area (Å²) in [6.07, 6.45) is -8.43. The van der Waals surface area contributed by atoms with Crippen molar-refractivity contribution >= 4 is 46.7 Å². The summed E-state index contributed by atoms with van der Waals surface area (Å²) in [6, 6.07) is 5.35. The summed E-state index contributed by atoms with van der Waals surface area (Å²) < 4.78 is 90.7. The molecular formula is C22H17Cl2F7N2O2. The summed E-state index contributed by atoms with van der Waals surface area (Å²) in [4.78, 5) is 23.7. The van der Waals surface area contributed by atoms with E-state index in [1.807, 2.05) is 0 Å². The largest absolute Gasteiger partial charge is 0.405 e. The molecule has 0 aliphatic carbocycles. The number of nitrogen functional groups attached to an aromatic ring is 1. The highest BCUT2D eigenvalue weighted by Crippen LogP contribution is 2.39. The maximum absolute atomic E-state index is 13.6. The van der Waals surface area contributed by atoms with Crippen LogP contribution in [0.2, 0.25) is 10.0 Å². The smallest absolute Gasteiger partial charge is 0.398 e. The van der Waals surface area contributed by atoms with E-state index in [4.69, 9.17) is 28.9 Å². The van der Waals surface area contributed by atoms with Crippen molar-refractivity contribution in [1.82, 2.24) is 5.32 Å². The Balaban J connectivity index is 2.15. The Morgan fingerprint density at radius 2 is 1.60 bits per heavy atom. The van der Waals surface area contributed by atoms with E-state index in [-0.39, 0.29) is 16.8 Å². The Hall–Kier alpha value is -2.79. The van der Waals surface area contributed by atoms with Gasteiger partial charge >= 0.3 is 12.4 Å². The fourth-order valence-electron chi connectivity index (χ4n) is 2.96. The molecule has 0 aromatic heterocycles. The highest BCUT2D eigenvalue weighted by molar-refractivity contribution is 6.35. The van der Waals surface area contributed by atoms with Crippen LogP contribution in [-0.4, -0.2) is 30.6 Å². The Kier molecular flexibility index (Phi) is 9.18. The first-order valence-electron chi connectivity index (χ1n) is 9.74. The van der Waals surface area contributed by atoms with Crippen LogP contribution in [0.3, 0.4) is 0 Å². The summed E-state index contributed by atoms with van der Waals surface area (Å²) in [5.74, 6) is -4.85. The van der Waals surface area contributed by atoms with Crippen molar-refractivity contribution in [3.63, 3.8) is 0 Å². The van der Waals surface area contributed by atoms with E-state index in [9.17, 15) is 40.3 Å². The molecule has 0 radical (unpaired) electrons. The van der Waals surface area contributed by atoms with Crippen molar-refractivity contribution in [2.75, 3.05) is 12.3 Å². The van der Waals surface area contributed by atoms with Gasteiger partial charge in [0, 0.05) is 24.1 Å². The number of hydrogen-bond acceptors (Lipinski definition) is 3. The number of ketones is 1. The molecule has 2 rings (SSSR count). The Labute approximate surface area is 204 Å². The summed E-state index contributed by atoms with van der Waals surface area (Å²) in [7, 11) is 0. The molecule has 0 heterocycles. The van der Waals surface area contributed by atoms with E-state index in [2.05, 4.69) is 0 Å². The normalized spacial score (nSPS) is 13.2. The molecule has 1 atom stereocenters. The molecule has 0 fully saturated rings. The van der Waals surface area contributed by atoms with E-state index in [0.717, 1.165) is 24.3 Å². The second-order valence-corrected chi connectivity index (χ2v) is 8.15. The van der Waals surface area contributed by atoms with Crippen molar-refractivity contribution in [1.29, 1.82) is 0 Å². The van der Waals surface area contributed by atoms with Crippen LogP contribution in [-0.2, 0) is 4.79 Å². The van der Waals surface area contributed by atoms with Gasteiger partial charge in [-0.2, -0.15) is 26.3 Å². The van der Waals surface area contributed by atoms with Gasteiger partial charge in [0.2, 0.25) is 5.91 Å². The zero-order valence-corrected chi connectivity index (χ0v) is 19.0. The zero-order chi connectivity index (χ0) is 26.6. The van der Waals surface area contributed by atoms with Crippen LogP contribution in [0.4, 0.5) is 36.4 Å². The number of carbonyl (C=O) groups excluding carboxylic acids is 2. The number of nitrogens with one attached hydrogen (secondary N) is 1. The molecule has 0 spiro atoms. The lowest BCUT2D eigenvalue weighted by atomic mass is 9.96. The molecule has 0 aliphatic heterocycles. The van der Waals surface area contributed by atoms with E-state index in [0.29, 0.717) is 0 Å². The van der Waals surface area contributed by atoms with Gasteiger partial charge in [0.15, 0.2) is 11.6 Å². The predicted octanol–water partition coefficient (Wildman–Crippen LogP) is 6.72. The van der Waals surface area contributed by atoms with Gasteiger partial charge in [-0.05, 0) is 35.4 Å². The number of hydrogen-bond donors (Lipinski definition) is 2. The number of benzene rings is 2. The summed E-state index contributed by atoms with van der Waals surface area (Å²) in [6.45, 7) is -1.53. The molecule has 2 aromatic rings. The molecule has 13 heteroatoms. The van der Waals surface area contributed by atoms with Gasteiger partial charge in [-0.3, -0.25) is 9.59 Å². The van der Waals surface area contributed by atoms with Crippen LogP contribution in [0.15, 0.2) is 36.4 Å². The molecule has 0 saturated heterocycles. The predicted molar refractivity (Wildman–Crippen MR) is 118 cm³/mol. The maximum atomic E-state index is 13.6. The molecule has 2 aromatic carbocycles.